The molecule has 0 unspecified atom stereocenters. The third kappa shape index (κ3) is 3.17. The Morgan fingerprint density at radius 1 is 1.21 bits per heavy atom. The fourth-order valence-electron chi connectivity index (χ4n) is 2.79. The van der Waals surface area contributed by atoms with Gasteiger partial charge < -0.3 is 4.90 Å². The second-order valence-electron chi connectivity index (χ2n) is 5.55. The molecule has 0 saturated carbocycles. The highest BCUT2D eigenvalue weighted by Gasteiger charge is 2.32. The first kappa shape index (κ1) is 16.6. The van der Waals surface area contributed by atoms with Crippen LogP contribution in [0.4, 0.5) is 24.5 Å². The molecule has 0 N–H and O–H groups in total. The minimum absolute atomic E-state index is 0.0969. The minimum atomic E-state index is -4.36. The predicted octanol–water partition coefficient (Wildman–Crippen LogP) is 4.83. The second kappa shape index (κ2) is 5.98. The summed E-state index contributed by atoms with van der Waals surface area (Å²) in [6, 6.07) is 7.92. The molecule has 0 fully saturated rings. The van der Waals surface area contributed by atoms with Gasteiger partial charge in [-0.3, -0.25) is 10.1 Å². The van der Waals surface area contributed by atoms with Crippen LogP contribution in [0.1, 0.15) is 16.7 Å². The summed E-state index contributed by atoms with van der Waals surface area (Å²) in [5, 5.41) is 11.0. The monoisotopic (exact) mass is 356 g/mol. The molecule has 0 aromatic heterocycles. The van der Waals surface area contributed by atoms with E-state index in [-0.39, 0.29) is 10.7 Å². The van der Waals surface area contributed by atoms with Crippen molar-refractivity contribution in [3.8, 4) is 0 Å². The summed E-state index contributed by atoms with van der Waals surface area (Å²) in [4.78, 5) is 12.1. The topological polar surface area (TPSA) is 46.4 Å². The number of nitro groups is 1. The van der Waals surface area contributed by atoms with Gasteiger partial charge >= 0.3 is 6.18 Å². The van der Waals surface area contributed by atoms with Crippen LogP contribution in [0, 0.1) is 10.1 Å². The first-order valence-corrected chi connectivity index (χ1v) is 7.51. The zero-order valence-corrected chi connectivity index (χ0v) is 13.1. The van der Waals surface area contributed by atoms with Gasteiger partial charge in [0.05, 0.1) is 15.5 Å². The first-order valence-electron chi connectivity index (χ1n) is 7.13. The van der Waals surface area contributed by atoms with E-state index < -0.39 is 16.7 Å². The maximum atomic E-state index is 12.8. The van der Waals surface area contributed by atoms with E-state index in [1.165, 1.54) is 24.3 Å². The van der Waals surface area contributed by atoms with Crippen LogP contribution in [0.25, 0.3) is 0 Å². The number of halogens is 4. The number of fused-ring (bicyclic) bond motifs is 1. The molecule has 0 atom stereocenters. The van der Waals surface area contributed by atoms with E-state index in [0.717, 1.165) is 11.8 Å². The molecule has 2 aromatic carbocycles. The molecule has 0 radical (unpaired) electrons. The Morgan fingerprint density at radius 2 is 1.96 bits per heavy atom. The van der Waals surface area contributed by atoms with Crippen molar-refractivity contribution in [1.82, 2.24) is 0 Å². The van der Waals surface area contributed by atoms with Gasteiger partial charge in [-0.05, 0) is 41.8 Å². The van der Waals surface area contributed by atoms with E-state index in [9.17, 15) is 23.3 Å². The van der Waals surface area contributed by atoms with Gasteiger partial charge in [0, 0.05) is 30.9 Å². The summed E-state index contributed by atoms with van der Waals surface area (Å²) in [5.41, 5.74) is 1.31. The van der Waals surface area contributed by atoms with E-state index in [1.807, 2.05) is 4.90 Å². The zero-order valence-electron chi connectivity index (χ0n) is 12.3. The number of non-ortho nitro benzene ring substituents is 1. The molecular formula is C16H12ClF3N2O2. The van der Waals surface area contributed by atoms with Crippen LogP contribution in [0.3, 0.4) is 0 Å². The van der Waals surface area contributed by atoms with Gasteiger partial charge in [-0.25, -0.2) is 0 Å². The minimum Gasteiger partial charge on any atom is -0.367 e. The smallest absolute Gasteiger partial charge is 0.367 e. The van der Waals surface area contributed by atoms with Gasteiger partial charge in [-0.2, -0.15) is 13.2 Å². The molecule has 8 heteroatoms. The highest BCUT2D eigenvalue weighted by molar-refractivity contribution is 6.31. The highest BCUT2D eigenvalue weighted by Crippen LogP contribution is 2.36. The number of hydrogen-bond donors (Lipinski definition) is 0. The lowest BCUT2D eigenvalue weighted by Crippen LogP contribution is -2.20. The molecule has 24 heavy (non-hydrogen) atoms. The van der Waals surface area contributed by atoms with E-state index in [2.05, 4.69) is 0 Å². The van der Waals surface area contributed by atoms with Crippen LogP contribution in [0.15, 0.2) is 36.4 Å². The number of alkyl halides is 3. The number of nitro benzene ring substituents is 1. The quantitative estimate of drug-likeness (QED) is 0.584. The molecule has 126 valence electrons. The van der Waals surface area contributed by atoms with Crippen molar-refractivity contribution in [3.05, 3.63) is 68.2 Å². The van der Waals surface area contributed by atoms with Crippen molar-refractivity contribution in [2.24, 2.45) is 0 Å². The fourth-order valence-corrected chi connectivity index (χ4v) is 3.03. The Kier molecular flexibility index (Phi) is 4.13. The average Bonchev–Trinajstić information content (AvgIpc) is 2.90. The lowest BCUT2D eigenvalue weighted by molar-refractivity contribution is -0.384. The van der Waals surface area contributed by atoms with Crippen LogP contribution in [-0.4, -0.2) is 11.5 Å². The number of benzene rings is 2. The summed E-state index contributed by atoms with van der Waals surface area (Å²) in [7, 11) is 0. The van der Waals surface area contributed by atoms with E-state index in [0.29, 0.717) is 30.6 Å². The van der Waals surface area contributed by atoms with Crippen LogP contribution >= 0.6 is 11.6 Å². The lowest BCUT2D eigenvalue weighted by atomic mass is 10.1. The predicted molar refractivity (Wildman–Crippen MR) is 84.3 cm³/mol. The van der Waals surface area contributed by atoms with Gasteiger partial charge in [0.2, 0.25) is 0 Å². The third-order valence-electron chi connectivity index (χ3n) is 4.01. The molecule has 3 rings (SSSR count). The summed E-state index contributed by atoms with van der Waals surface area (Å²) in [5.74, 6) is 0. The molecule has 1 aliphatic heterocycles. The second-order valence-corrected chi connectivity index (χ2v) is 5.95. The molecule has 0 saturated heterocycles. The summed E-state index contributed by atoms with van der Waals surface area (Å²) < 4.78 is 38.3. The maximum Gasteiger partial charge on any atom is 0.416 e. The van der Waals surface area contributed by atoms with Crippen molar-refractivity contribution in [1.29, 1.82) is 0 Å². The van der Waals surface area contributed by atoms with Gasteiger partial charge in [0.1, 0.15) is 0 Å². The van der Waals surface area contributed by atoms with Gasteiger partial charge in [-0.1, -0.05) is 11.6 Å². The third-order valence-corrected chi connectivity index (χ3v) is 4.36. The molecule has 0 amide bonds. The molecule has 0 aliphatic carbocycles. The van der Waals surface area contributed by atoms with Crippen molar-refractivity contribution < 1.29 is 18.1 Å². The molecule has 1 aliphatic rings. The van der Waals surface area contributed by atoms with Crippen molar-refractivity contribution in [2.75, 3.05) is 11.4 Å². The summed E-state index contributed by atoms with van der Waals surface area (Å²) in [6.07, 6.45) is -3.84. The maximum absolute atomic E-state index is 12.8. The summed E-state index contributed by atoms with van der Waals surface area (Å²) >= 11 is 6.08. The molecular weight excluding hydrogens is 345 g/mol. The normalized spacial score (nSPS) is 13.9. The van der Waals surface area contributed by atoms with Crippen molar-refractivity contribution in [3.63, 3.8) is 0 Å². The number of hydrogen-bond acceptors (Lipinski definition) is 3. The van der Waals surface area contributed by atoms with Crippen LogP contribution in [0.2, 0.25) is 5.02 Å². The SMILES string of the molecule is O=[N+]([O-])c1ccc(CN2CCc3cc(C(F)(F)F)ccc32)c(Cl)c1. The fraction of sp³-hybridized carbons (Fsp3) is 0.250. The number of nitrogens with zero attached hydrogens (tertiary/aromatic N) is 2. The Labute approximate surface area is 140 Å². The molecule has 1 heterocycles. The highest BCUT2D eigenvalue weighted by atomic mass is 35.5. The lowest BCUT2D eigenvalue weighted by Gasteiger charge is -2.20. The van der Waals surface area contributed by atoms with Crippen molar-refractivity contribution in [2.45, 2.75) is 19.1 Å². The van der Waals surface area contributed by atoms with Gasteiger partial charge in [-0.15, -0.1) is 0 Å². The number of anilines is 1. The molecule has 0 spiro atoms. The number of rotatable bonds is 3. The van der Waals surface area contributed by atoms with Gasteiger partial charge in [0.15, 0.2) is 0 Å². The summed E-state index contributed by atoms with van der Waals surface area (Å²) in [6.45, 7) is 0.957. The molecule has 0 bridgehead atoms. The van der Waals surface area contributed by atoms with E-state index >= 15 is 0 Å². The Morgan fingerprint density at radius 3 is 2.58 bits per heavy atom. The standard InChI is InChI=1S/C16H12ClF3N2O2/c17-14-8-13(22(23)24)3-1-11(14)9-21-6-5-10-7-12(16(18,19)20)2-4-15(10)21/h1-4,7-8H,5-6,9H2. The van der Waals surface area contributed by atoms with E-state index in [1.54, 1.807) is 6.07 Å². The largest absolute Gasteiger partial charge is 0.416 e. The molecule has 4 nitrogen and oxygen atoms in total. The van der Waals surface area contributed by atoms with Crippen molar-refractivity contribution >= 4 is 23.0 Å². The van der Waals surface area contributed by atoms with E-state index in [4.69, 9.17) is 11.6 Å². The van der Waals surface area contributed by atoms with Crippen LogP contribution < -0.4 is 4.90 Å². The van der Waals surface area contributed by atoms with Crippen LogP contribution in [-0.2, 0) is 19.1 Å². The van der Waals surface area contributed by atoms with Crippen LogP contribution in [0.5, 0.6) is 0 Å². The zero-order chi connectivity index (χ0) is 17.5. The van der Waals surface area contributed by atoms with Gasteiger partial charge in [0.25, 0.3) is 5.69 Å². The Hall–Kier alpha value is -2.28. The first-order chi connectivity index (χ1) is 11.3. The molecule has 2 aromatic rings. The Bertz CT molecular complexity index is 808. The average molecular weight is 357 g/mol. The Balaban J connectivity index is 1.84.